The number of methoxy groups -OCH3 is 1. The van der Waals surface area contributed by atoms with Gasteiger partial charge >= 0.3 is 0 Å². The van der Waals surface area contributed by atoms with Crippen LogP contribution in [0.4, 0.5) is 0 Å². The molecule has 0 aliphatic carbocycles. The van der Waals surface area contributed by atoms with Crippen molar-refractivity contribution in [3.05, 3.63) is 41.6 Å². The number of carbonyl (C=O) groups excluding carboxylic acids is 1. The minimum absolute atomic E-state index is 0.0254. The number of allylic oxidation sites excluding steroid dienone is 1. The number of para-hydroxylation sites is 1. The van der Waals surface area contributed by atoms with E-state index in [-0.39, 0.29) is 18.0 Å². The number of rotatable bonds is 6. The van der Waals surface area contributed by atoms with E-state index in [0.29, 0.717) is 13.2 Å². The molecule has 0 saturated carbocycles. The van der Waals surface area contributed by atoms with Crippen molar-refractivity contribution in [3.8, 4) is 12.1 Å². The Kier molecular flexibility index (Phi) is 5.51. The van der Waals surface area contributed by atoms with Gasteiger partial charge in [-0.2, -0.15) is 10.5 Å². The number of benzene rings is 1. The second-order valence-corrected chi connectivity index (χ2v) is 4.85. The molecule has 1 N–H and O–H groups in total. The van der Waals surface area contributed by atoms with Gasteiger partial charge in [0.2, 0.25) is 5.91 Å². The zero-order valence-corrected chi connectivity index (χ0v) is 12.7. The molecule has 1 heterocycles. The molecular weight excluding hydrogens is 292 g/mol. The van der Waals surface area contributed by atoms with Crippen LogP contribution in [0.15, 0.2) is 36.0 Å². The summed E-state index contributed by atoms with van der Waals surface area (Å²) >= 11 is 0. The van der Waals surface area contributed by atoms with E-state index in [9.17, 15) is 4.79 Å². The van der Waals surface area contributed by atoms with Crippen molar-refractivity contribution in [2.24, 2.45) is 0 Å². The van der Waals surface area contributed by atoms with Crippen molar-refractivity contribution in [1.29, 1.82) is 10.5 Å². The standard InChI is InChI=1S/C17H16N4O2/c1-23-7-6-20-17(22)12-21-11-14(8-13(9-18)10-19)15-4-2-3-5-16(15)21/h2-5,8,11H,6-7,12H2,1H3,(H,20,22). The van der Waals surface area contributed by atoms with Crippen molar-refractivity contribution in [2.75, 3.05) is 20.3 Å². The first-order valence-corrected chi connectivity index (χ1v) is 7.05. The van der Waals surface area contributed by atoms with Gasteiger partial charge in [0.15, 0.2) is 0 Å². The minimum Gasteiger partial charge on any atom is -0.383 e. The highest BCUT2D eigenvalue weighted by atomic mass is 16.5. The van der Waals surface area contributed by atoms with E-state index in [1.165, 1.54) is 6.08 Å². The SMILES string of the molecule is COCCNC(=O)Cn1cc(C=C(C#N)C#N)c2ccccc21. The highest BCUT2D eigenvalue weighted by Gasteiger charge is 2.10. The highest BCUT2D eigenvalue weighted by molar-refractivity contribution is 5.91. The largest absolute Gasteiger partial charge is 0.383 e. The fraction of sp³-hybridized carbons (Fsp3) is 0.235. The predicted octanol–water partition coefficient (Wildman–Crippen LogP) is 1.83. The van der Waals surface area contributed by atoms with Gasteiger partial charge in [-0.15, -0.1) is 0 Å². The smallest absolute Gasteiger partial charge is 0.240 e. The summed E-state index contributed by atoms with van der Waals surface area (Å²) in [5.74, 6) is -0.126. The molecule has 0 radical (unpaired) electrons. The van der Waals surface area contributed by atoms with Crippen molar-refractivity contribution in [1.82, 2.24) is 9.88 Å². The molecule has 2 aromatic rings. The van der Waals surface area contributed by atoms with Gasteiger partial charge in [-0.25, -0.2) is 0 Å². The number of fused-ring (bicyclic) bond motifs is 1. The summed E-state index contributed by atoms with van der Waals surface area (Å²) < 4.78 is 6.70. The molecule has 0 aliphatic rings. The number of nitrogens with one attached hydrogen (secondary N) is 1. The fourth-order valence-corrected chi connectivity index (χ4v) is 2.27. The Hall–Kier alpha value is -3.09. The lowest BCUT2D eigenvalue weighted by molar-refractivity contribution is -0.121. The summed E-state index contributed by atoms with van der Waals surface area (Å²) in [5, 5.41) is 21.5. The van der Waals surface area contributed by atoms with E-state index >= 15 is 0 Å². The van der Waals surface area contributed by atoms with Gasteiger partial charge in [0.05, 0.1) is 6.61 Å². The third kappa shape index (κ3) is 3.97. The Morgan fingerprint density at radius 3 is 2.78 bits per heavy atom. The summed E-state index contributed by atoms with van der Waals surface area (Å²) in [6.45, 7) is 1.07. The van der Waals surface area contributed by atoms with Gasteiger partial charge in [0.25, 0.3) is 0 Å². The molecule has 1 aromatic carbocycles. The topological polar surface area (TPSA) is 90.8 Å². The predicted molar refractivity (Wildman–Crippen MR) is 86.0 cm³/mol. The first-order valence-electron chi connectivity index (χ1n) is 7.05. The summed E-state index contributed by atoms with van der Waals surface area (Å²) in [7, 11) is 1.58. The number of aromatic nitrogens is 1. The number of ether oxygens (including phenoxy) is 1. The Morgan fingerprint density at radius 1 is 1.35 bits per heavy atom. The van der Waals surface area contributed by atoms with Crippen LogP contribution in [-0.4, -0.2) is 30.7 Å². The summed E-state index contributed by atoms with van der Waals surface area (Å²) in [4.78, 5) is 12.0. The Bertz CT molecular complexity index is 805. The summed E-state index contributed by atoms with van der Waals surface area (Å²) in [5.41, 5.74) is 1.64. The molecule has 0 saturated heterocycles. The van der Waals surface area contributed by atoms with E-state index in [4.69, 9.17) is 15.3 Å². The van der Waals surface area contributed by atoms with E-state index in [1.54, 1.807) is 17.9 Å². The van der Waals surface area contributed by atoms with E-state index in [0.717, 1.165) is 16.5 Å². The average molecular weight is 308 g/mol. The lowest BCUT2D eigenvalue weighted by Crippen LogP contribution is -2.30. The van der Waals surface area contributed by atoms with Crippen LogP contribution in [0, 0.1) is 22.7 Å². The van der Waals surface area contributed by atoms with Crippen LogP contribution in [0.25, 0.3) is 17.0 Å². The zero-order chi connectivity index (χ0) is 16.7. The maximum Gasteiger partial charge on any atom is 0.240 e. The molecule has 0 bridgehead atoms. The van der Waals surface area contributed by atoms with Gasteiger partial charge in [-0.05, 0) is 12.1 Å². The van der Waals surface area contributed by atoms with E-state index in [2.05, 4.69) is 5.32 Å². The van der Waals surface area contributed by atoms with Crippen LogP contribution >= 0.6 is 0 Å². The van der Waals surface area contributed by atoms with Crippen LogP contribution in [0.5, 0.6) is 0 Å². The highest BCUT2D eigenvalue weighted by Crippen LogP contribution is 2.23. The van der Waals surface area contributed by atoms with Crippen molar-refractivity contribution < 1.29 is 9.53 Å². The molecule has 1 aromatic heterocycles. The molecule has 116 valence electrons. The molecule has 0 atom stereocenters. The van der Waals surface area contributed by atoms with E-state index in [1.807, 2.05) is 36.4 Å². The third-order valence-electron chi connectivity index (χ3n) is 3.30. The van der Waals surface area contributed by atoms with Gasteiger partial charge in [-0.3, -0.25) is 4.79 Å². The molecule has 0 fully saturated rings. The molecule has 0 spiro atoms. The average Bonchev–Trinajstić information content (AvgIpc) is 2.90. The molecular formula is C17H16N4O2. The molecule has 2 rings (SSSR count). The number of nitriles is 2. The molecule has 23 heavy (non-hydrogen) atoms. The van der Waals surface area contributed by atoms with Crippen LogP contribution in [0.2, 0.25) is 0 Å². The number of nitrogens with zero attached hydrogens (tertiary/aromatic N) is 3. The third-order valence-corrected chi connectivity index (χ3v) is 3.30. The molecule has 6 heteroatoms. The minimum atomic E-state index is -0.126. The second-order valence-electron chi connectivity index (χ2n) is 4.85. The van der Waals surface area contributed by atoms with Crippen molar-refractivity contribution in [2.45, 2.75) is 6.54 Å². The van der Waals surface area contributed by atoms with E-state index < -0.39 is 0 Å². The molecule has 0 unspecified atom stereocenters. The lowest BCUT2D eigenvalue weighted by atomic mass is 10.1. The Morgan fingerprint density at radius 2 is 2.09 bits per heavy atom. The van der Waals surface area contributed by atoms with Gasteiger partial charge < -0.3 is 14.6 Å². The maximum absolute atomic E-state index is 12.0. The monoisotopic (exact) mass is 308 g/mol. The molecule has 0 aliphatic heterocycles. The molecule has 6 nitrogen and oxygen atoms in total. The van der Waals surface area contributed by atoms with Gasteiger partial charge in [0.1, 0.15) is 24.3 Å². The number of carbonyl (C=O) groups is 1. The van der Waals surface area contributed by atoms with Crippen molar-refractivity contribution >= 4 is 22.9 Å². The normalized spacial score (nSPS) is 9.87. The van der Waals surface area contributed by atoms with Crippen LogP contribution in [0.3, 0.4) is 0 Å². The first-order chi connectivity index (χ1) is 11.2. The number of amides is 1. The van der Waals surface area contributed by atoms with Gasteiger partial charge in [-0.1, -0.05) is 18.2 Å². The Labute approximate surface area is 134 Å². The lowest BCUT2D eigenvalue weighted by Gasteiger charge is -2.06. The van der Waals surface area contributed by atoms with Crippen LogP contribution < -0.4 is 5.32 Å². The maximum atomic E-state index is 12.0. The zero-order valence-electron chi connectivity index (χ0n) is 12.7. The van der Waals surface area contributed by atoms with Gasteiger partial charge in [0, 0.05) is 36.3 Å². The molecule has 1 amide bonds. The number of hydrogen-bond donors (Lipinski definition) is 1. The van der Waals surface area contributed by atoms with Crippen LogP contribution in [-0.2, 0) is 16.1 Å². The first kappa shape index (κ1) is 16.3. The fourth-order valence-electron chi connectivity index (χ4n) is 2.27. The summed E-state index contributed by atoms with van der Waals surface area (Å²) in [6.07, 6.45) is 3.30. The van der Waals surface area contributed by atoms with Crippen LogP contribution in [0.1, 0.15) is 5.56 Å². The summed E-state index contributed by atoms with van der Waals surface area (Å²) in [6, 6.07) is 11.2. The quantitative estimate of drug-likeness (QED) is 0.651. The number of hydrogen-bond acceptors (Lipinski definition) is 4. The Balaban J connectivity index is 2.31. The van der Waals surface area contributed by atoms with Crippen molar-refractivity contribution in [3.63, 3.8) is 0 Å². The second kappa shape index (κ2) is 7.79.